The van der Waals surface area contributed by atoms with Crippen molar-refractivity contribution in [2.75, 3.05) is 18.0 Å². The summed E-state index contributed by atoms with van der Waals surface area (Å²) in [6.07, 6.45) is -4.61. The van der Waals surface area contributed by atoms with E-state index >= 15 is 0 Å². The van der Waals surface area contributed by atoms with E-state index in [9.17, 15) is 13.2 Å². The van der Waals surface area contributed by atoms with Crippen molar-refractivity contribution in [1.82, 2.24) is 0 Å². The molecule has 0 fully saturated rings. The van der Waals surface area contributed by atoms with Gasteiger partial charge < -0.3 is 4.90 Å². The van der Waals surface area contributed by atoms with Gasteiger partial charge in [0.15, 0.2) is 0 Å². The molecule has 0 aromatic heterocycles. The Balaban J connectivity index is 3.24. The first-order valence-corrected chi connectivity index (χ1v) is 5.04. The summed E-state index contributed by atoms with van der Waals surface area (Å²) in [5.74, 6) is 0. The van der Waals surface area contributed by atoms with Crippen LogP contribution in [0.3, 0.4) is 0 Å². The van der Waals surface area contributed by atoms with Gasteiger partial charge >= 0.3 is 6.18 Å². The topological polar surface area (TPSA) is 74.6 Å². The molecule has 0 aliphatic carbocycles. The van der Waals surface area contributed by atoms with Crippen LogP contribution in [0.5, 0.6) is 0 Å². The maximum Gasteiger partial charge on any atom is 0.417 e. The largest absolute Gasteiger partial charge is 0.417 e. The number of rotatable bonds is 3. The smallest absolute Gasteiger partial charge is 0.345 e. The molecule has 0 saturated carbocycles. The van der Waals surface area contributed by atoms with Crippen LogP contribution in [0.2, 0.25) is 0 Å². The van der Waals surface area contributed by atoms with Gasteiger partial charge in [0.2, 0.25) is 0 Å². The maximum absolute atomic E-state index is 12.6. The van der Waals surface area contributed by atoms with E-state index in [1.807, 2.05) is 0 Å². The Morgan fingerprint density at radius 3 is 2.05 bits per heavy atom. The van der Waals surface area contributed by atoms with Gasteiger partial charge in [0, 0.05) is 5.69 Å². The van der Waals surface area contributed by atoms with E-state index in [4.69, 9.17) is 15.8 Å². The maximum atomic E-state index is 12.6. The second-order valence-corrected chi connectivity index (χ2v) is 3.51. The predicted octanol–water partition coefficient (Wildman–Crippen LogP) is 2.43. The first kappa shape index (κ1) is 14.3. The SMILES string of the molecule is N#CCN(CC#N)c1ccc(C(F)(F)F)c(C#N)c1. The minimum absolute atomic E-state index is 0.149. The summed E-state index contributed by atoms with van der Waals surface area (Å²) < 4.78 is 37.8. The lowest BCUT2D eigenvalue weighted by molar-refractivity contribution is -0.137. The quantitative estimate of drug-likeness (QED) is 0.786. The van der Waals surface area contributed by atoms with Crippen molar-refractivity contribution in [1.29, 1.82) is 15.8 Å². The van der Waals surface area contributed by atoms with E-state index in [0.717, 1.165) is 18.2 Å². The van der Waals surface area contributed by atoms with Crippen LogP contribution in [-0.4, -0.2) is 13.1 Å². The zero-order chi connectivity index (χ0) is 14.5. The molecule has 96 valence electrons. The Hall–Kier alpha value is -2.72. The van der Waals surface area contributed by atoms with Gasteiger partial charge in [0.25, 0.3) is 0 Å². The van der Waals surface area contributed by atoms with Crippen LogP contribution >= 0.6 is 0 Å². The molecule has 0 unspecified atom stereocenters. The standard InChI is InChI=1S/C12H7F3N4/c13-12(14,15)11-2-1-10(7-9(11)8-18)19(5-3-16)6-4-17/h1-2,7H,5-6H2. The molecule has 19 heavy (non-hydrogen) atoms. The van der Waals surface area contributed by atoms with Gasteiger partial charge in [0.05, 0.1) is 29.3 Å². The molecular weight excluding hydrogens is 257 g/mol. The lowest BCUT2D eigenvalue weighted by Gasteiger charge is -2.19. The summed E-state index contributed by atoms with van der Waals surface area (Å²) >= 11 is 0. The molecule has 4 nitrogen and oxygen atoms in total. The first-order valence-electron chi connectivity index (χ1n) is 5.04. The molecule has 0 atom stereocenters. The first-order chi connectivity index (χ1) is 8.93. The Morgan fingerprint density at radius 1 is 1.05 bits per heavy atom. The average molecular weight is 264 g/mol. The highest BCUT2D eigenvalue weighted by Gasteiger charge is 2.33. The molecule has 0 radical (unpaired) electrons. The third-order valence-corrected chi connectivity index (χ3v) is 2.32. The number of nitriles is 3. The van der Waals surface area contributed by atoms with Gasteiger partial charge in [-0.2, -0.15) is 29.0 Å². The normalized spacial score (nSPS) is 10.1. The van der Waals surface area contributed by atoms with E-state index in [1.165, 1.54) is 11.0 Å². The predicted molar refractivity (Wildman–Crippen MR) is 59.6 cm³/mol. The van der Waals surface area contributed by atoms with Crippen molar-refractivity contribution < 1.29 is 13.2 Å². The van der Waals surface area contributed by atoms with Crippen molar-refractivity contribution in [3.63, 3.8) is 0 Å². The van der Waals surface area contributed by atoms with Gasteiger partial charge in [-0.1, -0.05) is 0 Å². The van der Waals surface area contributed by atoms with Gasteiger partial charge in [-0.3, -0.25) is 0 Å². The van der Waals surface area contributed by atoms with Crippen molar-refractivity contribution in [3.8, 4) is 18.2 Å². The Bertz CT molecular complexity index is 571. The number of alkyl halides is 3. The van der Waals surface area contributed by atoms with Crippen molar-refractivity contribution in [2.45, 2.75) is 6.18 Å². The zero-order valence-electron chi connectivity index (χ0n) is 9.57. The highest BCUT2D eigenvalue weighted by molar-refractivity contribution is 5.56. The number of hydrogen-bond acceptors (Lipinski definition) is 4. The molecule has 0 bridgehead atoms. The molecular formula is C12H7F3N4. The fraction of sp³-hybridized carbons (Fsp3) is 0.250. The number of nitrogens with zero attached hydrogens (tertiary/aromatic N) is 4. The molecule has 0 aliphatic heterocycles. The highest BCUT2D eigenvalue weighted by atomic mass is 19.4. The molecule has 1 aromatic carbocycles. The highest BCUT2D eigenvalue weighted by Crippen LogP contribution is 2.33. The van der Waals surface area contributed by atoms with Crippen molar-refractivity contribution in [2.24, 2.45) is 0 Å². The van der Waals surface area contributed by atoms with E-state index in [1.54, 1.807) is 12.1 Å². The lowest BCUT2D eigenvalue weighted by atomic mass is 10.1. The fourth-order valence-corrected chi connectivity index (χ4v) is 1.48. The minimum atomic E-state index is -4.61. The molecule has 0 saturated heterocycles. The third-order valence-electron chi connectivity index (χ3n) is 2.32. The minimum Gasteiger partial charge on any atom is -0.345 e. The summed E-state index contributed by atoms with van der Waals surface area (Å²) in [6.45, 7) is -0.298. The molecule has 1 aromatic rings. The zero-order valence-corrected chi connectivity index (χ0v) is 9.57. The van der Waals surface area contributed by atoms with Crippen LogP contribution in [0, 0.1) is 34.0 Å². The Morgan fingerprint density at radius 2 is 1.63 bits per heavy atom. The van der Waals surface area contributed by atoms with E-state index in [2.05, 4.69) is 0 Å². The summed E-state index contributed by atoms with van der Waals surface area (Å²) in [4.78, 5) is 1.28. The fourth-order valence-electron chi connectivity index (χ4n) is 1.48. The van der Waals surface area contributed by atoms with Crippen LogP contribution in [-0.2, 0) is 6.18 Å². The summed E-state index contributed by atoms with van der Waals surface area (Å²) in [5, 5.41) is 25.9. The van der Waals surface area contributed by atoms with Crippen LogP contribution in [0.1, 0.15) is 11.1 Å². The van der Waals surface area contributed by atoms with E-state index in [0.29, 0.717) is 0 Å². The van der Waals surface area contributed by atoms with Crippen LogP contribution in [0.25, 0.3) is 0 Å². The molecule has 0 N–H and O–H groups in total. The van der Waals surface area contributed by atoms with Crippen LogP contribution in [0.4, 0.5) is 18.9 Å². The summed E-state index contributed by atoms with van der Waals surface area (Å²) in [6, 6.07) is 8.01. The monoisotopic (exact) mass is 264 g/mol. The van der Waals surface area contributed by atoms with Gasteiger partial charge in [0.1, 0.15) is 13.1 Å². The van der Waals surface area contributed by atoms with Crippen LogP contribution < -0.4 is 4.90 Å². The second kappa shape index (κ2) is 5.75. The Kier molecular flexibility index (Phi) is 4.34. The van der Waals surface area contributed by atoms with Crippen molar-refractivity contribution in [3.05, 3.63) is 29.3 Å². The third kappa shape index (κ3) is 3.37. The molecule has 0 heterocycles. The van der Waals surface area contributed by atoms with Gasteiger partial charge in [-0.15, -0.1) is 0 Å². The lowest BCUT2D eigenvalue weighted by Crippen LogP contribution is -2.24. The Labute approximate surface area is 107 Å². The molecule has 1 rings (SSSR count). The molecule has 0 aliphatic rings. The molecule has 0 amide bonds. The summed E-state index contributed by atoms with van der Waals surface area (Å²) in [5.41, 5.74) is -1.34. The second-order valence-electron chi connectivity index (χ2n) is 3.51. The van der Waals surface area contributed by atoms with E-state index in [-0.39, 0.29) is 18.8 Å². The summed E-state index contributed by atoms with van der Waals surface area (Å²) in [7, 11) is 0. The van der Waals surface area contributed by atoms with Crippen LogP contribution in [0.15, 0.2) is 18.2 Å². The molecule has 0 spiro atoms. The number of hydrogen-bond donors (Lipinski definition) is 0. The number of anilines is 1. The van der Waals surface area contributed by atoms with E-state index < -0.39 is 17.3 Å². The molecule has 7 heteroatoms. The van der Waals surface area contributed by atoms with Gasteiger partial charge in [-0.25, -0.2) is 0 Å². The van der Waals surface area contributed by atoms with Crippen molar-refractivity contribution >= 4 is 5.69 Å². The number of benzene rings is 1. The van der Waals surface area contributed by atoms with Gasteiger partial charge in [-0.05, 0) is 18.2 Å². The average Bonchev–Trinajstić information content (AvgIpc) is 2.36. The number of halogens is 3.